The Balaban J connectivity index is 1.50. The highest BCUT2D eigenvalue weighted by Gasteiger charge is 2.27. The first-order valence-electron chi connectivity index (χ1n) is 8.29. The van der Waals surface area contributed by atoms with Gasteiger partial charge in [-0.2, -0.15) is 0 Å². The Morgan fingerprint density at radius 2 is 2.04 bits per heavy atom. The van der Waals surface area contributed by atoms with Crippen molar-refractivity contribution in [3.05, 3.63) is 42.2 Å². The molecule has 0 spiro atoms. The Bertz CT molecular complexity index is 587. The van der Waals surface area contributed by atoms with Gasteiger partial charge < -0.3 is 15.2 Å². The molecular formula is C17H24N4O2. The van der Waals surface area contributed by atoms with E-state index in [0.717, 1.165) is 25.1 Å². The van der Waals surface area contributed by atoms with Gasteiger partial charge in [0.25, 0.3) is 0 Å². The van der Waals surface area contributed by atoms with Crippen molar-refractivity contribution in [3.63, 3.8) is 0 Å². The number of nitrogens with zero attached hydrogens (tertiary/aromatic N) is 3. The molecule has 0 radical (unpaired) electrons. The molecule has 1 aromatic carbocycles. The van der Waals surface area contributed by atoms with E-state index in [1.807, 2.05) is 41.2 Å². The average Bonchev–Trinajstić information content (AvgIpc) is 3.09. The van der Waals surface area contributed by atoms with Gasteiger partial charge in [-0.25, -0.2) is 4.68 Å². The molecule has 1 aromatic heterocycles. The van der Waals surface area contributed by atoms with Crippen molar-refractivity contribution < 1.29 is 9.84 Å². The predicted octanol–water partition coefficient (Wildman–Crippen LogP) is 1.92. The number of aromatic nitrogens is 3. The minimum atomic E-state index is -0.0598. The lowest BCUT2D eigenvalue weighted by Crippen LogP contribution is -2.41. The molecule has 2 N–H and O–H groups in total. The maximum atomic E-state index is 9.15. The normalized spacial score (nSPS) is 21.3. The molecule has 2 aromatic rings. The monoisotopic (exact) mass is 316 g/mol. The van der Waals surface area contributed by atoms with E-state index in [2.05, 4.69) is 15.6 Å². The van der Waals surface area contributed by atoms with Gasteiger partial charge in [0.1, 0.15) is 18.1 Å². The first-order valence-corrected chi connectivity index (χ1v) is 8.29. The molecule has 0 unspecified atom stereocenters. The Morgan fingerprint density at radius 3 is 2.83 bits per heavy atom. The number of nitrogens with one attached hydrogen (secondary N) is 1. The molecule has 1 heterocycles. The van der Waals surface area contributed by atoms with Crippen LogP contribution in [0.2, 0.25) is 0 Å². The summed E-state index contributed by atoms with van der Waals surface area (Å²) in [7, 11) is 0. The van der Waals surface area contributed by atoms with E-state index in [-0.39, 0.29) is 6.61 Å². The van der Waals surface area contributed by atoms with Gasteiger partial charge in [0.15, 0.2) is 0 Å². The van der Waals surface area contributed by atoms with Crippen molar-refractivity contribution in [2.24, 2.45) is 0 Å². The lowest BCUT2D eigenvalue weighted by molar-refractivity contribution is 0.227. The van der Waals surface area contributed by atoms with E-state index in [1.54, 1.807) is 0 Å². The third kappa shape index (κ3) is 4.30. The van der Waals surface area contributed by atoms with Crippen LogP contribution in [0.1, 0.15) is 37.4 Å². The van der Waals surface area contributed by atoms with E-state index >= 15 is 0 Å². The molecule has 2 atom stereocenters. The van der Waals surface area contributed by atoms with Gasteiger partial charge in [0, 0.05) is 12.6 Å². The Morgan fingerprint density at radius 1 is 1.22 bits per heavy atom. The number of rotatable bonds is 7. The first kappa shape index (κ1) is 16.0. The fraction of sp³-hybridized carbons (Fsp3) is 0.529. The van der Waals surface area contributed by atoms with Crippen LogP contribution in [0.5, 0.6) is 5.75 Å². The molecule has 6 heteroatoms. The van der Waals surface area contributed by atoms with Gasteiger partial charge in [-0.15, -0.1) is 5.10 Å². The number of para-hydroxylation sites is 1. The molecule has 3 rings (SSSR count). The molecule has 1 aliphatic rings. The topological polar surface area (TPSA) is 72.2 Å². The number of benzene rings is 1. The summed E-state index contributed by atoms with van der Waals surface area (Å²) in [5, 5.41) is 20.9. The van der Waals surface area contributed by atoms with Crippen LogP contribution < -0.4 is 10.1 Å². The number of ether oxygens (including phenoxy) is 1. The smallest absolute Gasteiger partial charge is 0.119 e. The molecular weight excluding hydrogens is 292 g/mol. The van der Waals surface area contributed by atoms with Crippen molar-refractivity contribution in [2.45, 2.75) is 44.4 Å². The standard InChI is InChI=1S/C17H24N4O2/c22-13-14-12-21(20-19-14)17-9-5-4-8-16(17)18-10-11-23-15-6-2-1-3-7-15/h1-3,6-7,12,16-18,22H,4-5,8-11,13H2/t16-,17+/m0/s1. The molecule has 1 aliphatic carbocycles. The molecule has 0 saturated heterocycles. The molecule has 1 fully saturated rings. The summed E-state index contributed by atoms with van der Waals surface area (Å²) >= 11 is 0. The third-order valence-electron chi connectivity index (χ3n) is 4.31. The van der Waals surface area contributed by atoms with E-state index in [1.165, 1.54) is 12.8 Å². The maximum absolute atomic E-state index is 9.15. The van der Waals surface area contributed by atoms with Crippen LogP contribution in [-0.4, -0.2) is 39.3 Å². The third-order valence-corrected chi connectivity index (χ3v) is 4.31. The zero-order valence-electron chi connectivity index (χ0n) is 13.3. The molecule has 124 valence electrons. The van der Waals surface area contributed by atoms with Crippen LogP contribution in [0.25, 0.3) is 0 Å². The van der Waals surface area contributed by atoms with Gasteiger partial charge >= 0.3 is 0 Å². The molecule has 23 heavy (non-hydrogen) atoms. The number of aliphatic hydroxyl groups excluding tert-OH is 1. The lowest BCUT2D eigenvalue weighted by atomic mass is 9.90. The summed E-state index contributed by atoms with van der Waals surface area (Å²) in [6.45, 7) is 1.39. The Hall–Kier alpha value is -1.92. The van der Waals surface area contributed by atoms with Crippen molar-refractivity contribution in [1.82, 2.24) is 20.3 Å². The largest absolute Gasteiger partial charge is 0.492 e. The van der Waals surface area contributed by atoms with Crippen LogP contribution >= 0.6 is 0 Å². The molecule has 6 nitrogen and oxygen atoms in total. The van der Waals surface area contributed by atoms with Gasteiger partial charge in [0.05, 0.1) is 18.8 Å². The second-order valence-electron chi connectivity index (χ2n) is 5.92. The summed E-state index contributed by atoms with van der Waals surface area (Å²) in [4.78, 5) is 0. The second kappa shape index (κ2) is 8.08. The zero-order valence-corrected chi connectivity index (χ0v) is 13.3. The quantitative estimate of drug-likeness (QED) is 0.764. The fourth-order valence-corrected chi connectivity index (χ4v) is 3.14. The number of aliphatic hydroxyl groups is 1. The number of hydrogen-bond donors (Lipinski definition) is 2. The van der Waals surface area contributed by atoms with Crippen LogP contribution in [-0.2, 0) is 6.61 Å². The van der Waals surface area contributed by atoms with Crippen LogP contribution in [0, 0.1) is 0 Å². The SMILES string of the molecule is OCc1cn([C@@H]2CCCC[C@@H]2NCCOc2ccccc2)nn1. The molecule has 0 amide bonds. The van der Waals surface area contributed by atoms with Crippen LogP contribution in [0.15, 0.2) is 36.5 Å². The zero-order chi connectivity index (χ0) is 15.9. The van der Waals surface area contributed by atoms with Gasteiger partial charge in [0.2, 0.25) is 0 Å². The van der Waals surface area contributed by atoms with Gasteiger partial charge in [-0.1, -0.05) is 36.3 Å². The first-order chi connectivity index (χ1) is 11.4. The maximum Gasteiger partial charge on any atom is 0.119 e. The highest BCUT2D eigenvalue weighted by molar-refractivity contribution is 5.20. The second-order valence-corrected chi connectivity index (χ2v) is 5.92. The number of hydrogen-bond acceptors (Lipinski definition) is 5. The lowest BCUT2D eigenvalue weighted by Gasteiger charge is -2.32. The highest BCUT2D eigenvalue weighted by atomic mass is 16.5. The van der Waals surface area contributed by atoms with Crippen molar-refractivity contribution in [1.29, 1.82) is 0 Å². The van der Waals surface area contributed by atoms with E-state index in [4.69, 9.17) is 9.84 Å². The molecule has 1 saturated carbocycles. The minimum Gasteiger partial charge on any atom is -0.492 e. The van der Waals surface area contributed by atoms with Crippen LogP contribution in [0.4, 0.5) is 0 Å². The van der Waals surface area contributed by atoms with Gasteiger partial charge in [-0.05, 0) is 25.0 Å². The Labute approximate surface area is 136 Å². The summed E-state index contributed by atoms with van der Waals surface area (Å²) in [5.41, 5.74) is 0.627. The summed E-state index contributed by atoms with van der Waals surface area (Å²) < 4.78 is 7.63. The highest BCUT2D eigenvalue weighted by Crippen LogP contribution is 2.28. The molecule has 0 bridgehead atoms. The van der Waals surface area contributed by atoms with Crippen LogP contribution in [0.3, 0.4) is 0 Å². The molecule has 0 aliphatic heterocycles. The van der Waals surface area contributed by atoms with E-state index in [9.17, 15) is 0 Å². The Kier molecular flexibility index (Phi) is 5.60. The average molecular weight is 316 g/mol. The van der Waals surface area contributed by atoms with Crippen molar-refractivity contribution >= 4 is 0 Å². The van der Waals surface area contributed by atoms with Crippen molar-refractivity contribution in [2.75, 3.05) is 13.2 Å². The summed E-state index contributed by atoms with van der Waals surface area (Å²) in [6.07, 6.45) is 6.51. The summed E-state index contributed by atoms with van der Waals surface area (Å²) in [5.74, 6) is 0.901. The predicted molar refractivity (Wildman–Crippen MR) is 87.2 cm³/mol. The van der Waals surface area contributed by atoms with Gasteiger partial charge in [-0.3, -0.25) is 0 Å². The van der Waals surface area contributed by atoms with Crippen molar-refractivity contribution in [3.8, 4) is 5.75 Å². The van der Waals surface area contributed by atoms with E-state index < -0.39 is 0 Å². The minimum absolute atomic E-state index is 0.0598. The van der Waals surface area contributed by atoms with E-state index in [0.29, 0.717) is 24.4 Å². The fourth-order valence-electron chi connectivity index (χ4n) is 3.14. The summed E-state index contributed by atoms with van der Waals surface area (Å²) in [6, 6.07) is 10.5.